The van der Waals surface area contributed by atoms with Crippen LogP contribution in [0.2, 0.25) is 0 Å². The van der Waals surface area contributed by atoms with Gasteiger partial charge in [0.25, 0.3) is 0 Å². The average molecular weight is 253 g/mol. The minimum Gasteiger partial charge on any atom is -0.396 e. The Morgan fingerprint density at radius 2 is 2.35 bits per heavy atom. The third-order valence-corrected chi connectivity index (χ3v) is 3.65. The summed E-state index contributed by atoms with van der Waals surface area (Å²) in [5.41, 5.74) is 1.01. The summed E-state index contributed by atoms with van der Waals surface area (Å²) < 4.78 is 0. The van der Waals surface area contributed by atoms with Crippen LogP contribution in [0.25, 0.3) is 0 Å². The molecule has 1 aliphatic rings. The number of rotatable bonds is 3. The van der Waals surface area contributed by atoms with Crippen LogP contribution in [-0.4, -0.2) is 41.0 Å². The quantitative estimate of drug-likeness (QED) is 0.656. The van der Waals surface area contributed by atoms with Crippen molar-refractivity contribution >= 4 is 17.6 Å². The molecule has 0 aromatic carbocycles. The molecule has 1 N–H and O–H groups in total. The molecule has 1 unspecified atom stereocenters. The Morgan fingerprint density at radius 3 is 3.06 bits per heavy atom. The van der Waals surface area contributed by atoms with Crippen LogP contribution in [0.5, 0.6) is 0 Å². The Bertz CT molecular complexity index is 386. The molecule has 1 aromatic heterocycles. The minimum absolute atomic E-state index is 0.274. The summed E-state index contributed by atoms with van der Waals surface area (Å²) in [6.45, 7) is 4.20. The van der Waals surface area contributed by atoms with Gasteiger partial charge in [-0.15, -0.1) is 0 Å². The predicted molar refractivity (Wildman–Crippen MR) is 70.6 cm³/mol. The first-order chi connectivity index (χ1) is 8.22. The largest absolute Gasteiger partial charge is 0.396 e. The van der Waals surface area contributed by atoms with Crippen molar-refractivity contribution < 1.29 is 5.11 Å². The van der Waals surface area contributed by atoms with Crippen molar-refractivity contribution in [2.75, 3.05) is 30.9 Å². The van der Waals surface area contributed by atoms with E-state index in [0.717, 1.165) is 42.6 Å². The maximum Gasteiger partial charge on any atom is 0.189 e. The molecule has 1 fully saturated rings. The van der Waals surface area contributed by atoms with Crippen LogP contribution in [0.15, 0.2) is 11.2 Å². The molecule has 94 valence electrons. The lowest BCUT2D eigenvalue weighted by molar-refractivity contribution is 0.208. The molecular formula is C12H19N3OS. The van der Waals surface area contributed by atoms with E-state index in [1.54, 1.807) is 11.8 Å². The number of aliphatic hydroxyl groups is 1. The Morgan fingerprint density at radius 1 is 1.53 bits per heavy atom. The van der Waals surface area contributed by atoms with E-state index >= 15 is 0 Å². The van der Waals surface area contributed by atoms with E-state index in [-0.39, 0.29) is 6.61 Å². The van der Waals surface area contributed by atoms with Crippen LogP contribution in [-0.2, 0) is 0 Å². The topological polar surface area (TPSA) is 49.2 Å². The first-order valence-corrected chi connectivity index (χ1v) is 7.21. The smallest absolute Gasteiger partial charge is 0.189 e. The monoisotopic (exact) mass is 253 g/mol. The van der Waals surface area contributed by atoms with Gasteiger partial charge in [-0.3, -0.25) is 0 Å². The maximum atomic E-state index is 9.25. The fourth-order valence-electron chi connectivity index (χ4n) is 2.20. The first kappa shape index (κ1) is 12.6. The number of aliphatic hydroxyl groups excluding tert-OH is 1. The van der Waals surface area contributed by atoms with Crippen molar-refractivity contribution in [3.8, 4) is 0 Å². The number of hydrogen-bond acceptors (Lipinski definition) is 5. The van der Waals surface area contributed by atoms with Crippen LogP contribution in [0.3, 0.4) is 0 Å². The first-order valence-electron chi connectivity index (χ1n) is 5.98. The fourth-order valence-corrected chi connectivity index (χ4v) is 2.62. The Hall–Kier alpha value is -0.810. The molecule has 1 aliphatic heterocycles. The van der Waals surface area contributed by atoms with Gasteiger partial charge in [-0.1, -0.05) is 11.8 Å². The molecule has 2 heterocycles. The van der Waals surface area contributed by atoms with Crippen molar-refractivity contribution in [3.63, 3.8) is 0 Å². The Labute approximate surface area is 106 Å². The lowest BCUT2D eigenvalue weighted by Crippen LogP contribution is -2.37. The van der Waals surface area contributed by atoms with E-state index in [4.69, 9.17) is 0 Å². The van der Waals surface area contributed by atoms with Crippen molar-refractivity contribution in [2.45, 2.75) is 24.9 Å². The highest BCUT2D eigenvalue weighted by molar-refractivity contribution is 7.98. The van der Waals surface area contributed by atoms with Gasteiger partial charge >= 0.3 is 0 Å². The van der Waals surface area contributed by atoms with Gasteiger partial charge in [0, 0.05) is 31.5 Å². The molecular weight excluding hydrogens is 234 g/mol. The van der Waals surface area contributed by atoms with Gasteiger partial charge in [0.2, 0.25) is 0 Å². The molecule has 0 aliphatic carbocycles. The summed E-state index contributed by atoms with van der Waals surface area (Å²) in [6.07, 6.45) is 4.24. The molecule has 17 heavy (non-hydrogen) atoms. The standard InChI is InChI=1S/C12H19N3OS/c1-9-6-11(14-12(13-9)17-2)15-5-3-4-10(7-15)8-16/h6,10,16H,3-5,7-8H2,1-2H3. The second-order valence-corrected chi connectivity index (χ2v) is 5.26. The number of nitrogens with zero attached hydrogens (tertiary/aromatic N) is 3. The average Bonchev–Trinajstić information content (AvgIpc) is 2.38. The second kappa shape index (κ2) is 5.69. The highest BCUT2D eigenvalue weighted by Crippen LogP contribution is 2.23. The van der Waals surface area contributed by atoms with Crippen molar-refractivity contribution in [2.24, 2.45) is 5.92 Å². The molecule has 0 spiro atoms. The fraction of sp³-hybridized carbons (Fsp3) is 0.667. The summed E-state index contributed by atoms with van der Waals surface area (Å²) in [6, 6.07) is 2.03. The van der Waals surface area contributed by atoms with Crippen LogP contribution in [0.4, 0.5) is 5.82 Å². The lowest BCUT2D eigenvalue weighted by Gasteiger charge is -2.32. The molecule has 1 saturated heterocycles. The van der Waals surface area contributed by atoms with Crippen LogP contribution >= 0.6 is 11.8 Å². The number of anilines is 1. The molecule has 1 atom stereocenters. The van der Waals surface area contributed by atoms with E-state index in [0.29, 0.717) is 5.92 Å². The minimum atomic E-state index is 0.274. The van der Waals surface area contributed by atoms with E-state index in [9.17, 15) is 5.11 Å². The summed E-state index contributed by atoms with van der Waals surface area (Å²) in [5, 5.41) is 10.1. The highest BCUT2D eigenvalue weighted by atomic mass is 32.2. The molecule has 2 rings (SSSR count). The zero-order chi connectivity index (χ0) is 12.3. The van der Waals surface area contributed by atoms with Crippen LogP contribution in [0.1, 0.15) is 18.5 Å². The number of aromatic nitrogens is 2. The molecule has 5 heteroatoms. The Kier molecular flexibility index (Phi) is 4.23. The predicted octanol–water partition coefficient (Wildman–Crippen LogP) is 1.72. The SMILES string of the molecule is CSc1nc(C)cc(N2CCCC(CO)C2)n1. The lowest BCUT2D eigenvalue weighted by atomic mass is 9.99. The third kappa shape index (κ3) is 3.10. The number of hydrogen-bond donors (Lipinski definition) is 1. The van der Waals surface area contributed by atoms with Crippen molar-refractivity contribution in [1.29, 1.82) is 0 Å². The van der Waals surface area contributed by atoms with Gasteiger partial charge < -0.3 is 10.0 Å². The van der Waals surface area contributed by atoms with E-state index in [1.807, 2.05) is 19.2 Å². The van der Waals surface area contributed by atoms with Gasteiger partial charge in [-0.2, -0.15) is 0 Å². The number of thioether (sulfide) groups is 1. The molecule has 0 bridgehead atoms. The molecule has 0 saturated carbocycles. The molecule has 1 aromatic rings. The van der Waals surface area contributed by atoms with Gasteiger partial charge in [0.15, 0.2) is 5.16 Å². The summed E-state index contributed by atoms with van der Waals surface area (Å²) in [5.74, 6) is 1.39. The summed E-state index contributed by atoms with van der Waals surface area (Å²) in [7, 11) is 0. The van der Waals surface area contributed by atoms with Crippen LogP contribution < -0.4 is 4.90 Å². The van der Waals surface area contributed by atoms with Gasteiger partial charge in [-0.05, 0) is 31.9 Å². The third-order valence-electron chi connectivity index (χ3n) is 3.10. The zero-order valence-electron chi connectivity index (χ0n) is 10.4. The van der Waals surface area contributed by atoms with E-state index in [1.165, 1.54) is 0 Å². The molecule has 0 radical (unpaired) electrons. The summed E-state index contributed by atoms with van der Waals surface area (Å²) in [4.78, 5) is 11.2. The molecule has 4 nitrogen and oxygen atoms in total. The molecule has 0 amide bonds. The summed E-state index contributed by atoms with van der Waals surface area (Å²) >= 11 is 1.57. The maximum absolute atomic E-state index is 9.25. The van der Waals surface area contributed by atoms with Gasteiger partial charge in [0.05, 0.1) is 0 Å². The Balaban J connectivity index is 2.18. The second-order valence-electron chi connectivity index (χ2n) is 4.49. The highest BCUT2D eigenvalue weighted by Gasteiger charge is 2.20. The zero-order valence-corrected chi connectivity index (χ0v) is 11.2. The van der Waals surface area contributed by atoms with Crippen LogP contribution in [0, 0.1) is 12.8 Å². The normalized spacial score (nSPS) is 20.6. The van der Waals surface area contributed by atoms with E-state index in [2.05, 4.69) is 14.9 Å². The van der Waals surface area contributed by atoms with E-state index < -0.39 is 0 Å². The number of aryl methyl sites for hydroxylation is 1. The number of piperidine rings is 1. The van der Waals surface area contributed by atoms with Crippen molar-refractivity contribution in [1.82, 2.24) is 9.97 Å². The van der Waals surface area contributed by atoms with Gasteiger partial charge in [0.1, 0.15) is 5.82 Å². The van der Waals surface area contributed by atoms with Gasteiger partial charge in [-0.25, -0.2) is 9.97 Å². The van der Waals surface area contributed by atoms with Crippen molar-refractivity contribution in [3.05, 3.63) is 11.8 Å².